The quantitative estimate of drug-likeness (QED) is 0.415. The first-order valence-corrected chi connectivity index (χ1v) is 10.5. The first-order chi connectivity index (χ1) is 13.5. The van der Waals surface area contributed by atoms with Gasteiger partial charge in [-0.1, -0.05) is 29.3 Å². The monoisotopic (exact) mass is 491 g/mol. The summed E-state index contributed by atoms with van der Waals surface area (Å²) in [5.41, 5.74) is 1.89. The molecule has 0 heterocycles. The molecule has 0 fully saturated rings. The molecule has 2 N–H and O–H groups in total. The Kier molecular flexibility index (Phi) is 10.4. The molecule has 0 saturated carbocycles. The van der Waals surface area contributed by atoms with Gasteiger partial charge < -0.3 is 24.6 Å². The Morgan fingerprint density at radius 3 is 2.64 bits per heavy atom. The van der Waals surface area contributed by atoms with E-state index in [1.54, 1.807) is 12.1 Å². The van der Waals surface area contributed by atoms with E-state index < -0.39 is 0 Å². The molecule has 0 bridgehead atoms. The number of ether oxygens (including phenoxy) is 3. The highest BCUT2D eigenvalue weighted by Gasteiger charge is 2.13. The van der Waals surface area contributed by atoms with Gasteiger partial charge in [0, 0.05) is 28.7 Å². The van der Waals surface area contributed by atoms with E-state index in [-0.39, 0.29) is 6.61 Å². The molecule has 0 spiro atoms. The van der Waals surface area contributed by atoms with Crippen molar-refractivity contribution in [2.24, 2.45) is 0 Å². The van der Waals surface area contributed by atoms with E-state index in [1.165, 1.54) is 0 Å². The van der Waals surface area contributed by atoms with Gasteiger partial charge in [0.05, 0.1) is 30.9 Å². The van der Waals surface area contributed by atoms with Gasteiger partial charge in [-0.25, -0.2) is 0 Å². The van der Waals surface area contributed by atoms with Crippen LogP contribution >= 0.6 is 39.1 Å². The van der Waals surface area contributed by atoms with Gasteiger partial charge in [-0.3, -0.25) is 0 Å². The molecule has 8 heteroatoms. The van der Waals surface area contributed by atoms with Crippen LogP contribution in [-0.2, 0) is 17.9 Å². The minimum absolute atomic E-state index is 0.0351. The molecule has 0 aromatic heterocycles. The summed E-state index contributed by atoms with van der Waals surface area (Å²) in [6.45, 7) is 5.03. The Labute approximate surface area is 184 Å². The first-order valence-electron chi connectivity index (χ1n) is 8.96. The average Bonchev–Trinajstić information content (AvgIpc) is 2.65. The Hall–Kier alpha value is -1.02. The first kappa shape index (κ1) is 23.3. The molecule has 2 aromatic rings. The predicted molar refractivity (Wildman–Crippen MR) is 116 cm³/mol. The van der Waals surface area contributed by atoms with Crippen molar-refractivity contribution < 1.29 is 19.3 Å². The third-order valence-corrected chi connectivity index (χ3v) is 4.92. The Bertz CT molecular complexity index is 761. The molecule has 5 nitrogen and oxygen atoms in total. The number of halogens is 3. The van der Waals surface area contributed by atoms with Crippen molar-refractivity contribution in [2.75, 3.05) is 33.0 Å². The molecule has 0 atom stereocenters. The molecule has 0 aliphatic rings. The summed E-state index contributed by atoms with van der Waals surface area (Å²) in [5.74, 6) is 1.29. The SMILES string of the molecule is CCOc1cc(CNCCOCCO)cc(Br)c1OCc1ccc(Cl)cc1Cl. The molecule has 2 rings (SSSR count). The number of aliphatic hydroxyl groups excluding tert-OH is 1. The molecule has 2 aromatic carbocycles. The van der Waals surface area contributed by atoms with Crippen molar-refractivity contribution in [1.29, 1.82) is 0 Å². The molecule has 0 saturated heterocycles. The summed E-state index contributed by atoms with van der Waals surface area (Å²) in [6.07, 6.45) is 0. The molecule has 28 heavy (non-hydrogen) atoms. The molecular formula is C20H24BrCl2NO4. The highest BCUT2D eigenvalue weighted by molar-refractivity contribution is 9.10. The predicted octanol–water partition coefficient (Wildman–Crippen LogP) is 4.83. The van der Waals surface area contributed by atoms with Gasteiger partial charge in [-0.05, 0) is 52.7 Å². The third-order valence-electron chi connectivity index (χ3n) is 3.74. The lowest BCUT2D eigenvalue weighted by Gasteiger charge is -2.16. The average molecular weight is 493 g/mol. The number of hydrogen-bond donors (Lipinski definition) is 2. The minimum Gasteiger partial charge on any atom is -0.490 e. The van der Waals surface area contributed by atoms with Crippen LogP contribution in [0.1, 0.15) is 18.1 Å². The molecule has 0 aliphatic carbocycles. The van der Waals surface area contributed by atoms with Crippen molar-refractivity contribution in [3.05, 3.63) is 56.0 Å². The van der Waals surface area contributed by atoms with E-state index in [0.717, 1.165) is 15.6 Å². The van der Waals surface area contributed by atoms with E-state index >= 15 is 0 Å². The molecule has 0 aliphatic heterocycles. The third kappa shape index (κ3) is 7.43. The van der Waals surface area contributed by atoms with Crippen LogP contribution in [0.5, 0.6) is 11.5 Å². The fraction of sp³-hybridized carbons (Fsp3) is 0.400. The van der Waals surface area contributed by atoms with E-state index in [4.69, 9.17) is 42.5 Å². The zero-order valence-corrected chi connectivity index (χ0v) is 18.7. The summed E-state index contributed by atoms with van der Waals surface area (Å²) < 4.78 is 17.8. The zero-order valence-electron chi connectivity index (χ0n) is 15.6. The lowest BCUT2D eigenvalue weighted by atomic mass is 10.2. The van der Waals surface area contributed by atoms with Crippen LogP contribution in [0.4, 0.5) is 0 Å². The number of hydrogen-bond acceptors (Lipinski definition) is 5. The van der Waals surface area contributed by atoms with Gasteiger partial charge in [-0.15, -0.1) is 0 Å². The maximum Gasteiger partial charge on any atom is 0.175 e. The Morgan fingerprint density at radius 1 is 1.11 bits per heavy atom. The Morgan fingerprint density at radius 2 is 1.93 bits per heavy atom. The van der Waals surface area contributed by atoms with Crippen LogP contribution in [0, 0.1) is 0 Å². The summed E-state index contributed by atoms with van der Waals surface area (Å²) >= 11 is 15.7. The van der Waals surface area contributed by atoms with Crippen LogP contribution in [-0.4, -0.2) is 38.1 Å². The fourth-order valence-corrected chi connectivity index (χ4v) is 3.53. The minimum atomic E-state index is 0.0351. The fourth-order valence-electron chi connectivity index (χ4n) is 2.46. The van der Waals surface area contributed by atoms with E-state index in [0.29, 0.717) is 61.1 Å². The topological polar surface area (TPSA) is 60.0 Å². The number of rotatable bonds is 12. The smallest absolute Gasteiger partial charge is 0.175 e. The van der Waals surface area contributed by atoms with Gasteiger partial charge in [-0.2, -0.15) is 0 Å². The molecule has 0 unspecified atom stereocenters. The summed E-state index contributed by atoms with van der Waals surface area (Å²) in [5, 5.41) is 13.1. The van der Waals surface area contributed by atoms with Crippen molar-refractivity contribution in [3.8, 4) is 11.5 Å². The van der Waals surface area contributed by atoms with Crippen LogP contribution < -0.4 is 14.8 Å². The van der Waals surface area contributed by atoms with Gasteiger partial charge in [0.25, 0.3) is 0 Å². The number of benzene rings is 2. The van der Waals surface area contributed by atoms with E-state index in [1.807, 2.05) is 25.1 Å². The van der Waals surface area contributed by atoms with Crippen LogP contribution in [0.25, 0.3) is 0 Å². The zero-order chi connectivity index (χ0) is 20.4. The van der Waals surface area contributed by atoms with Gasteiger partial charge in [0.1, 0.15) is 6.61 Å². The highest BCUT2D eigenvalue weighted by Crippen LogP contribution is 2.38. The molecule has 0 radical (unpaired) electrons. The Balaban J connectivity index is 2.02. The standard InChI is InChI=1S/C20H24BrCl2NO4/c1-2-27-19-10-14(12-24-5-7-26-8-6-25)9-17(21)20(19)28-13-15-3-4-16(22)11-18(15)23/h3-4,9-11,24-25H,2,5-8,12-13H2,1H3. The number of nitrogens with one attached hydrogen (secondary N) is 1. The van der Waals surface area contributed by atoms with Gasteiger partial charge in [0.2, 0.25) is 0 Å². The second-order valence-electron chi connectivity index (χ2n) is 5.88. The van der Waals surface area contributed by atoms with Crippen LogP contribution in [0.3, 0.4) is 0 Å². The van der Waals surface area contributed by atoms with E-state index in [9.17, 15) is 0 Å². The van der Waals surface area contributed by atoms with Gasteiger partial charge >= 0.3 is 0 Å². The molecular weight excluding hydrogens is 469 g/mol. The maximum absolute atomic E-state index is 8.69. The largest absolute Gasteiger partial charge is 0.490 e. The second-order valence-corrected chi connectivity index (χ2v) is 7.57. The van der Waals surface area contributed by atoms with Crippen LogP contribution in [0.15, 0.2) is 34.8 Å². The molecule has 0 amide bonds. The van der Waals surface area contributed by atoms with Crippen molar-refractivity contribution >= 4 is 39.1 Å². The van der Waals surface area contributed by atoms with Crippen LogP contribution in [0.2, 0.25) is 10.0 Å². The lowest BCUT2D eigenvalue weighted by molar-refractivity contribution is 0.0938. The van der Waals surface area contributed by atoms with Crippen molar-refractivity contribution in [2.45, 2.75) is 20.1 Å². The van der Waals surface area contributed by atoms with E-state index in [2.05, 4.69) is 21.2 Å². The van der Waals surface area contributed by atoms with Gasteiger partial charge in [0.15, 0.2) is 11.5 Å². The summed E-state index contributed by atoms with van der Waals surface area (Å²) in [7, 11) is 0. The lowest BCUT2D eigenvalue weighted by Crippen LogP contribution is -2.20. The second kappa shape index (κ2) is 12.5. The molecule has 154 valence electrons. The van der Waals surface area contributed by atoms with Crippen molar-refractivity contribution in [1.82, 2.24) is 5.32 Å². The van der Waals surface area contributed by atoms with Crippen molar-refractivity contribution in [3.63, 3.8) is 0 Å². The highest BCUT2D eigenvalue weighted by atomic mass is 79.9. The summed E-state index contributed by atoms with van der Waals surface area (Å²) in [6, 6.07) is 9.26. The normalized spacial score (nSPS) is 10.9. The number of aliphatic hydroxyl groups is 1. The summed E-state index contributed by atoms with van der Waals surface area (Å²) in [4.78, 5) is 0. The maximum atomic E-state index is 8.69.